The molecule has 23 rings (SSSR count). The number of hydrogen-bond donors (Lipinski definition) is 7. The minimum absolute atomic E-state index is 0.0567. The predicted octanol–water partition coefficient (Wildman–Crippen LogP) is 13.1. The molecule has 7 aromatic carbocycles. The highest BCUT2D eigenvalue weighted by atomic mass is 32.1. The first-order valence-electron chi connectivity index (χ1n) is 41.3. The SMILES string of the molecule is CCOc1ccc2cc(-c3nn(C)c4ncnc(N)c34)ccc2c1.COc1ccc2cc(-c3nn(C)c4ncnc(N)c34)ccc2c1.Cc1c2ccc(-c3nn(C)c4ncnc(N)c34)cc2nn1C.Cc1ncc(-c2nn(C)c3ncnc(N)c23)c(C)n1.Cn1nc(-c2cccc(C(=O)NC3CC3)c2)c2c(N)ncnc21.Cn1nc(-c2csc3ccccc23)c2c(N)ncnc21. The lowest BCUT2D eigenvalue weighted by molar-refractivity contribution is 0.0951. The second kappa shape index (κ2) is 34.9. The molecule has 15 aromatic heterocycles. The molecule has 0 bridgehead atoms. The number of anilines is 6. The van der Waals surface area contributed by atoms with Crippen molar-refractivity contribution >= 4 is 161 Å². The van der Waals surface area contributed by atoms with Crippen molar-refractivity contribution in [3.8, 4) is 79.0 Å². The Labute approximate surface area is 749 Å². The lowest BCUT2D eigenvalue weighted by Crippen LogP contribution is -2.25. The van der Waals surface area contributed by atoms with Crippen molar-refractivity contribution in [3.63, 3.8) is 0 Å². The van der Waals surface area contributed by atoms with Crippen molar-refractivity contribution in [3.05, 3.63) is 212 Å². The van der Waals surface area contributed by atoms with Crippen LogP contribution in [-0.4, -0.2) is 164 Å². The Morgan fingerprint density at radius 2 is 0.802 bits per heavy atom. The van der Waals surface area contributed by atoms with Crippen molar-refractivity contribution in [1.29, 1.82) is 0 Å². The van der Waals surface area contributed by atoms with Crippen LogP contribution in [-0.2, 0) is 49.3 Å². The fraction of sp³-hybridized carbons (Fsp3) is 0.174. The van der Waals surface area contributed by atoms with Crippen LogP contribution in [0.1, 0.15) is 47.3 Å². The second-order valence-corrected chi connectivity index (χ2v) is 31.9. The zero-order valence-corrected chi connectivity index (χ0v) is 74.0. The molecule has 22 aromatic rings. The van der Waals surface area contributed by atoms with E-state index >= 15 is 0 Å². The van der Waals surface area contributed by atoms with Gasteiger partial charge in [0.1, 0.15) is 124 Å². The van der Waals surface area contributed by atoms with Gasteiger partial charge in [-0.2, -0.15) is 35.7 Å². The predicted molar refractivity (Wildman–Crippen MR) is 510 cm³/mol. The Kier molecular flexibility index (Phi) is 22.6. The molecule has 0 saturated heterocycles. The summed E-state index contributed by atoms with van der Waals surface area (Å²) in [4.78, 5) is 70.7. The summed E-state index contributed by atoms with van der Waals surface area (Å²) in [7, 11) is 14.7. The number of amides is 1. The summed E-state index contributed by atoms with van der Waals surface area (Å²) in [6, 6.07) is 46.5. The van der Waals surface area contributed by atoms with Crippen LogP contribution in [0.2, 0.25) is 0 Å². The van der Waals surface area contributed by atoms with Gasteiger partial charge in [-0.1, -0.05) is 78.9 Å². The highest BCUT2D eigenvalue weighted by Crippen LogP contribution is 2.41. The number of benzene rings is 7. The van der Waals surface area contributed by atoms with Crippen LogP contribution in [0.4, 0.5) is 34.9 Å². The first-order valence-corrected chi connectivity index (χ1v) is 42.2. The number of fused-ring (bicyclic) bond motifs is 10. The summed E-state index contributed by atoms with van der Waals surface area (Å²) in [5.74, 6) is 4.95. The van der Waals surface area contributed by atoms with Gasteiger partial charge in [0.15, 0.2) is 33.9 Å². The molecule has 654 valence electrons. The zero-order valence-electron chi connectivity index (χ0n) is 73.2. The molecule has 1 aliphatic carbocycles. The summed E-state index contributed by atoms with van der Waals surface area (Å²) >= 11 is 1.70. The van der Waals surface area contributed by atoms with Gasteiger partial charge in [0.2, 0.25) is 0 Å². The first-order chi connectivity index (χ1) is 63.4. The summed E-state index contributed by atoms with van der Waals surface area (Å²) in [5, 5.41) is 48.2. The van der Waals surface area contributed by atoms with E-state index in [0.717, 1.165) is 180 Å². The third-order valence-corrected chi connectivity index (χ3v) is 23.4. The van der Waals surface area contributed by atoms with E-state index in [-0.39, 0.29) is 5.91 Å². The minimum atomic E-state index is -0.0567. The number of thiophene rings is 1. The standard InChI is InChI=1S/C18H17N5O.C17H15N5O.C16H16N6O.C15H15N7.C14H11N5S.C12H13N7/c1-3-24-14-7-6-11-8-13(5-4-12(11)9-14)16-15-17(19)20-10-21-18(15)23(2)22-16;1-22-17-14(16(18)19-9-20-17)15(21-22)12-4-3-11-8-13(23-2)6-5-10(11)7-12;1-22-15-12(14(17)18-8-19-15)13(21-22)9-3-2-4-10(7-9)16(23)20-11-5-6-11;1-8-10-5-4-9(6-11(10)19-21(8)2)13-12-14(16)17-7-18-15(12)22(3)20-13;1-19-14-11(13(15)16-7-17-14)12(18-19)9-6-20-10-5-3-2-4-8(9)10;1-6-8(4-14-7(2)17-6)10-9-11(13)15-5-16-12(9)19(3)18-10/h4-10H,3H2,1-2H3,(H2,19,20,21);3-9H,1-2H3,(H2,18,19,20);2-4,7-8,11H,5-6H2,1H3,(H,20,23)(H2,17,18,19);4-7H,1-3H3,(H2,16,17,18);2-7H,1H3,(H2,15,16,17);4-5H,1-3H3,(H2,13,15,16). The number of aromatic nitrogens is 28. The topological polar surface area (TPSA) is 509 Å². The molecule has 1 aliphatic rings. The lowest BCUT2D eigenvalue weighted by Gasteiger charge is -2.06. The Balaban J connectivity index is 0.000000106. The van der Waals surface area contributed by atoms with E-state index in [9.17, 15) is 4.79 Å². The Morgan fingerprint density at radius 3 is 1.25 bits per heavy atom. The van der Waals surface area contributed by atoms with Gasteiger partial charge in [-0.05, 0) is 123 Å². The maximum Gasteiger partial charge on any atom is 0.251 e. The fourth-order valence-corrected chi connectivity index (χ4v) is 16.7. The highest BCUT2D eigenvalue weighted by Gasteiger charge is 2.27. The summed E-state index contributed by atoms with van der Waals surface area (Å²) in [6.45, 7) is 8.46. The molecule has 0 spiro atoms. The quantitative estimate of drug-likeness (QED) is 0.0632. The molecule has 1 saturated carbocycles. The van der Waals surface area contributed by atoms with Gasteiger partial charge in [-0.25, -0.2) is 97.9 Å². The van der Waals surface area contributed by atoms with E-state index < -0.39 is 0 Å². The molecule has 38 nitrogen and oxygen atoms in total. The maximum absolute atomic E-state index is 12.2. The summed E-state index contributed by atoms with van der Waals surface area (Å²) in [6.07, 6.45) is 12.6. The maximum atomic E-state index is 12.2. The van der Waals surface area contributed by atoms with Crippen LogP contribution in [0.3, 0.4) is 0 Å². The van der Waals surface area contributed by atoms with E-state index in [0.29, 0.717) is 81.2 Å². The number of ether oxygens (including phenoxy) is 2. The van der Waals surface area contributed by atoms with E-state index in [1.54, 1.807) is 58.8 Å². The number of nitrogens with one attached hydrogen (secondary N) is 1. The van der Waals surface area contributed by atoms with Gasteiger partial charge in [0.25, 0.3) is 5.91 Å². The lowest BCUT2D eigenvalue weighted by atomic mass is 10.0. The molecule has 15 heterocycles. The van der Waals surface area contributed by atoms with Gasteiger partial charge in [-0.3, -0.25) is 9.48 Å². The number of nitrogens with zero attached hydrogens (tertiary/aromatic N) is 28. The van der Waals surface area contributed by atoms with Crippen molar-refractivity contribution in [2.45, 2.75) is 46.6 Å². The van der Waals surface area contributed by atoms with Gasteiger partial charge in [0.05, 0.1) is 57.2 Å². The molecule has 0 aliphatic heterocycles. The number of carbonyl (C=O) groups excluding carboxylic acids is 1. The number of nitrogens with two attached hydrogens (primary N) is 6. The number of carbonyl (C=O) groups is 1. The molecule has 39 heteroatoms. The Hall–Kier alpha value is -17.3. The molecule has 1 amide bonds. The van der Waals surface area contributed by atoms with E-state index in [1.165, 1.54) is 48.1 Å². The average molecular weight is 1760 g/mol. The number of rotatable bonds is 11. The molecular weight excluding hydrogens is 1680 g/mol. The van der Waals surface area contributed by atoms with Crippen molar-refractivity contribution in [2.24, 2.45) is 49.3 Å². The van der Waals surface area contributed by atoms with E-state index in [4.69, 9.17) is 43.9 Å². The largest absolute Gasteiger partial charge is 0.497 e. The van der Waals surface area contributed by atoms with E-state index in [1.807, 2.05) is 166 Å². The fourth-order valence-electron chi connectivity index (χ4n) is 15.7. The highest BCUT2D eigenvalue weighted by molar-refractivity contribution is 7.17. The van der Waals surface area contributed by atoms with Crippen LogP contribution in [0.5, 0.6) is 11.5 Å². The molecule has 13 N–H and O–H groups in total. The van der Waals surface area contributed by atoms with Crippen LogP contribution >= 0.6 is 11.3 Å². The van der Waals surface area contributed by atoms with Crippen LogP contribution < -0.4 is 49.2 Å². The third kappa shape index (κ3) is 16.4. The Bertz CT molecular complexity index is 8200. The zero-order chi connectivity index (χ0) is 91.3. The van der Waals surface area contributed by atoms with E-state index in [2.05, 4.69) is 166 Å². The molecule has 0 unspecified atom stereocenters. The Morgan fingerprint density at radius 1 is 0.405 bits per heavy atom. The third-order valence-electron chi connectivity index (χ3n) is 22.4. The molecular formula is C92H87N35O3S. The number of hydrogen-bond acceptors (Lipinski definition) is 31. The van der Waals surface area contributed by atoms with Gasteiger partial charge >= 0.3 is 0 Å². The van der Waals surface area contributed by atoms with Gasteiger partial charge in [-0.15, -0.1) is 11.3 Å². The number of methoxy groups -OCH3 is 1. The van der Waals surface area contributed by atoms with Gasteiger partial charge in [0, 0.05) is 127 Å². The molecule has 0 atom stereocenters. The van der Waals surface area contributed by atoms with Crippen LogP contribution in [0.15, 0.2) is 189 Å². The number of nitrogen functional groups attached to an aromatic ring is 6. The molecule has 0 radical (unpaired) electrons. The second-order valence-electron chi connectivity index (χ2n) is 31.0. The first kappa shape index (κ1) is 84.6. The smallest absolute Gasteiger partial charge is 0.251 e. The van der Waals surface area contributed by atoms with Crippen molar-refractivity contribution in [2.75, 3.05) is 48.1 Å². The summed E-state index contributed by atoms with van der Waals surface area (Å²) in [5.41, 5.74) is 54.2. The van der Waals surface area contributed by atoms with Gasteiger partial charge < -0.3 is 49.2 Å². The monoisotopic (exact) mass is 1760 g/mol. The summed E-state index contributed by atoms with van der Waals surface area (Å²) < 4.78 is 24.2. The van der Waals surface area contributed by atoms with Crippen molar-refractivity contribution in [1.82, 2.24) is 144 Å². The number of aryl methyl sites for hydroxylation is 10. The molecule has 1 fully saturated rings. The van der Waals surface area contributed by atoms with Crippen LogP contribution in [0.25, 0.3) is 176 Å². The minimum Gasteiger partial charge on any atom is -0.497 e. The average Bonchev–Trinajstić information content (AvgIpc) is 1.64. The normalized spacial score (nSPS) is 11.8. The van der Waals surface area contributed by atoms with Crippen LogP contribution in [0, 0.1) is 20.8 Å². The molecule has 131 heavy (non-hydrogen) atoms. The van der Waals surface area contributed by atoms with Crippen molar-refractivity contribution < 1.29 is 14.3 Å².